The fourth-order valence-electron chi connectivity index (χ4n) is 2.85. The van der Waals surface area contributed by atoms with Crippen LogP contribution in [0.1, 0.15) is 42.9 Å². The molecule has 0 heterocycles. The van der Waals surface area contributed by atoms with Crippen molar-refractivity contribution in [3.63, 3.8) is 0 Å². The van der Waals surface area contributed by atoms with Crippen molar-refractivity contribution in [2.75, 3.05) is 7.11 Å². The lowest BCUT2D eigenvalue weighted by Gasteiger charge is -2.25. The van der Waals surface area contributed by atoms with E-state index in [0.717, 1.165) is 43.4 Å². The van der Waals surface area contributed by atoms with Gasteiger partial charge in [-0.05, 0) is 30.5 Å². The molecule has 0 aromatic heterocycles. The first-order valence-corrected chi connectivity index (χ1v) is 8.69. The highest BCUT2D eigenvalue weighted by Gasteiger charge is 2.33. The van der Waals surface area contributed by atoms with Crippen molar-refractivity contribution in [2.45, 2.75) is 42.6 Å². The summed E-state index contributed by atoms with van der Waals surface area (Å²) >= 11 is 0. The van der Waals surface area contributed by atoms with Crippen LogP contribution in [0, 0.1) is 0 Å². The molecule has 1 aliphatic rings. The van der Waals surface area contributed by atoms with Crippen molar-refractivity contribution in [3.8, 4) is 5.75 Å². The van der Waals surface area contributed by atoms with Crippen LogP contribution in [0.15, 0.2) is 36.9 Å². The molecule has 0 N–H and O–H groups in total. The van der Waals surface area contributed by atoms with Gasteiger partial charge in [0.15, 0.2) is 9.84 Å². The van der Waals surface area contributed by atoms with Gasteiger partial charge in [0.2, 0.25) is 0 Å². The first kappa shape index (κ1) is 15.1. The van der Waals surface area contributed by atoms with Crippen LogP contribution < -0.4 is 4.74 Å². The Kier molecular flexibility index (Phi) is 4.86. The van der Waals surface area contributed by atoms with Gasteiger partial charge in [-0.3, -0.25) is 0 Å². The van der Waals surface area contributed by atoms with E-state index < -0.39 is 15.1 Å². The Balaban J connectivity index is 2.27. The molecule has 0 aliphatic heterocycles. The maximum absolute atomic E-state index is 12.8. The number of ether oxygens (including phenoxy) is 1. The van der Waals surface area contributed by atoms with Gasteiger partial charge in [-0.25, -0.2) is 8.42 Å². The van der Waals surface area contributed by atoms with Crippen LogP contribution in [0.4, 0.5) is 0 Å². The second-order valence-electron chi connectivity index (χ2n) is 5.28. The zero-order valence-corrected chi connectivity index (χ0v) is 12.7. The highest BCUT2D eigenvalue weighted by atomic mass is 32.2. The standard InChI is InChI=1S/C16H22O3S/c1-3-16(13-9-11-14(19-2)12-10-13)20(17,18)15-7-5-4-6-8-15/h3,9-12,15-16H,1,4-8H2,2H3/t16-/m0/s1. The van der Waals surface area contributed by atoms with Gasteiger partial charge in [0.1, 0.15) is 11.0 Å². The summed E-state index contributed by atoms with van der Waals surface area (Å²) in [6.45, 7) is 3.73. The van der Waals surface area contributed by atoms with Crippen molar-refractivity contribution in [3.05, 3.63) is 42.5 Å². The molecule has 1 aliphatic carbocycles. The van der Waals surface area contributed by atoms with Gasteiger partial charge in [0.25, 0.3) is 0 Å². The Morgan fingerprint density at radius 2 is 1.80 bits per heavy atom. The normalized spacial score (nSPS) is 18.4. The fraction of sp³-hybridized carbons (Fsp3) is 0.500. The minimum atomic E-state index is -3.21. The van der Waals surface area contributed by atoms with E-state index in [9.17, 15) is 8.42 Å². The molecule has 4 heteroatoms. The lowest BCUT2D eigenvalue weighted by Crippen LogP contribution is -2.28. The Morgan fingerprint density at radius 1 is 1.20 bits per heavy atom. The number of benzene rings is 1. The molecule has 0 radical (unpaired) electrons. The van der Waals surface area contributed by atoms with Gasteiger partial charge in [-0.2, -0.15) is 0 Å². The molecule has 1 atom stereocenters. The summed E-state index contributed by atoms with van der Waals surface area (Å²) in [5, 5.41) is -0.835. The Morgan fingerprint density at radius 3 is 2.30 bits per heavy atom. The maximum atomic E-state index is 12.8. The van der Waals surface area contributed by atoms with E-state index in [1.807, 2.05) is 12.1 Å². The lowest BCUT2D eigenvalue weighted by atomic mass is 10.0. The molecule has 0 amide bonds. The summed E-state index contributed by atoms with van der Waals surface area (Å²) in [4.78, 5) is 0. The van der Waals surface area contributed by atoms with Gasteiger partial charge >= 0.3 is 0 Å². The van der Waals surface area contributed by atoms with E-state index in [2.05, 4.69) is 6.58 Å². The second-order valence-corrected chi connectivity index (χ2v) is 7.63. The summed E-state index contributed by atoms with van der Waals surface area (Å²) < 4.78 is 30.6. The fourth-order valence-corrected chi connectivity index (χ4v) is 5.06. The first-order valence-electron chi connectivity index (χ1n) is 7.09. The largest absolute Gasteiger partial charge is 0.497 e. The number of sulfone groups is 1. The number of hydrogen-bond donors (Lipinski definition) is 0. The SMILES string of the molecule is C=C[C@@H](c1ccc(OC)cc1)S(=O)(=O)C1CCCCC1. The van der Waals surface area contributed by atoms with Gasteiger partial charge in [-0.1, -0.05) is 37.5 Å². The maximum Gasteiger partial charge on any atom is 0.163 e. The number of rotatable bonds is 5. The van der Waals surface area contributed by atoms with E-state index in [1.54, 1.807) is 25.3 Å². The molecular formula is C16H22O3S. The minimum Gasteiger partial charge on any atom is -0.497 e. The Hall–Kier alpha value is -1.29. The summed E-state index contributed by atoms with van der Waals surface area (Å²) in [6.07, 6.45) is 6.28. The molecule has 1 aromatic rings. The zero-order chi connectivity index (χ0) is 14.6. The summed E-state index contributed by atoms with van der Waals surface area (Å²) in [5.41, 5.74) is 0.770. The predicted octanol–water partition coefficient (Wildman–Crippen LogP) is 3.67. The van der Waals surface area contributed by atoms with Crippen LogP contribution in [-0.4, -0.2) is 20.8 Å². The van der Waals surface area contributed by atoms with E-state index in [1.165, 1.54) is 0 Å². The van der Waals surface area contributed by atoms with Crippen LogP contribution in [0.25, 0.3) is 0 Å². The molecule has 1 aromatic carbocycles. The third-order valence-corrected chi connectivity index (χ3v) is 6.60. The smallest absolute Gasteiger partial charge is 0.163 e. The average Bonchev–Trinajstić information content (AvgIpc) is 2.49. The lowest BCUT2D eigenvalue weighted by molar-refractivity contribution is 0.414. The third-order valence-electron chi connectivity index (χ3n) is 4.03. The van der Waals surface area contributed by atoms with Crippen molar-refractivity contribution in [1.29, 1.82) is 0 Å². The summed E-state index contributed by atoms with van der Waals surface area (Å²) in [7, 11) is -1.61. The molecule has 2 rings (SSSR count). The van der Waals surface area contributed by atoms with Crippen LogP contribution >= 0.6 is 0 Å². The quantitative estimate of drug-likeness (QED) is 0.778. The van der Waals surface area contributed by atoms with Gasteiger partial charge in [-0.15, -0.1) is 6.58 Å². The molecule has 110 valence electrons. The van der Waals surface area contributed by atoms with Gasteiger partial charge < -0.3 is 4.74 Å². The Labute approximate surface area is 121 Å². The van der Waals surface area contributed by atoms with Gasteiger partial charge in [0, 0.05) is 0 Å². The van der Waals surface area contributed by atoms with Crippen LogP contribution in [0.3, 0.4) is 0 Å². The van der Waals surface area contributed by atoms with E-state index >= 15 is 0 Å². The van der Waals surface area contributed by atoms with Gasteiger partial charge in [0.05, 0.1) is 12.4 Å². The predicted molar refractivity (Wildman–Crippen MR) is 81.7 cm³/mol. The van der Waals surface area contributed by atoms with Crippen LogP contribution in [-0.2, 0) is 9.84 Å². The molecule has 0 bridgehead atoms. The van der Waals surface area contributed by atoms with E-state index in [-0.39, 0.29) is 5.25 Å². The number of methoxy groups -OCH3 is 1. The molecular weight excluding hydrogens is 272 g/mol. The molecule has 0 unspecified atom stereocenters. The topological polar surface area (TPSA) is 43.4 Å². The molecule has 0 saturated heterocycles. The highest BCUT2D eigenvalue weighted by Crippen LogP contribution is 2.34. The third kappa shape index (κ3) is 3.06. The first-order chi connectivity index (χ1) is 9.59. The molecule has 20 heavy (non-hydrogen) atoms. The van der Waals surface area contributed by atoms with E-state index in [0.29, 0.717) is 0 Å². The van der Waals surface area contributed by atoms with Crippen molar-refractivity contribution < 1.29 is 13.2 Å². The second kappa shape index (κ2) is 6.44. The zero-order valence-electron chi connectivity index (χ0n) is 11.9. The minimum absolute atomic E-state index is 0.221. The molecule has 1 saturated carbocycles. The monoisotopic (exact) mass is 294 g/mol. The van der Waals surface area contributed by atoms with E-state index in [4.69, 9.17) is 4.74 Å². The van der Waals surface area contributed by atoms with Crippen molar-refractivity contribution in [2.24, 2.45) is 0 Å². The molecule has 1 fully saturated rings. The summed E-state index contributed by atoms with van der Waals surface area (Å²) in [5.74, 6) is 0.728. The molecule has 0 spiro atoms. The van der Waals surface area contributed by atoms with Crippen molar-refractivity contribution in [1.82, 2.24) is 0 Å². The highest BCUT2D eigenvalue weighted by molar-refractivity contribution is 7.92. The van der Waals surface area contributed by atoms with Crippen LogP contribution in [0.5, 0.6) is 5.75 Å². The van der Waals surface area contributed by atoms with Crippen LogP contribution in [0.2, 0.25) is 0 Å². The summed E-state index contributed by atoms with van der Waals surface area (Å²) in [6, 6.07) is 7.21. The van der Waals surface area contributed by atoms with Crippen molar-refractivity contribution >= 4 is 9.84 Å². The number of hydrogen-bond acceptors (Lipinski definition) is 3. The molecule has 3 nitrogen and oxygen atoms in total. The Bertz CT molecular complexity index is 540. The average molecular weight is 294 g/mol.